The van der Waals surface area contributed by atoms with Crippen LogP contribution in [0.3, 0.4) is 0 Å². The van der Waals surface area contributed by atoms with Crippen molar-refractivity contribution in [1.29, 1.82) is 0 Å². The molecule has 6 rings (SSSR count). The second-order valence-corrected chi connectivity index (χ2v) is 13.1. The molecule has 0 atom stereocenters. The third-order valence-electron chi connectivity index (χ3n) is 8.45. The summed E-state index contributed by atoms with van der Waals surface area (Å²) in [5.41, 5.74) is 4.91. The molecule has 0 amide bonds. The van der Waals surface area contributed by atoms with E-state index in [1.165, 1.54) is 4.31 Å². The number of benzene rings is 2. The molecule has 1 aromatic heterocycles. The van der Waals surface area contributed by atoms with Crippen molar-refractivity contribution in [2.45, 2.75) is 43.2 Å². The lowest BCUT2D eigenvalue weighted by molar-refractivity contribution is 0.0904. The molecule has 0 saturated carbocycles. The van der Waals surface area contributed by atoms with E-state index in [0.29, 0.717) is 37.4 Å². The molecule has 218 valence electrons. The number of anilines is 2. The van der Waals surface area contributed by atoms with Crippen molar-refractivity contribution in [2.75, 3.05) is 63.2 Å². The second kappa shape index (κ2) is 11.9. The number of carbonyl (C=O) groups excluding carboxylic acids is 1. The van der Waals surface area contributed by atoms with Gasteiger partial charge in [-0.2, -0.15) is 9.40 Å². The number of sulfonamides is 1. The first-order valence-electron chi connectivity index (χ1n) is 14.4. The van der Waals surface area contributed by atoms with E-state index in [-0.39, 0.29) is 29.7 Å². The van der Waals surface area contributed by atoms with Crippen molar-refractivity contribution in [1.82, 2.24) is 19.4 Å². The average Bonchev–Trinajstić information content (AvgIpc) is 3.40. The number of aromatic nitrogens is 2. The van der Waals surface area contributed by atoms with Gasteiger partial charge in [-0.3, -0.25) is 9.89 Å². The number of hydrogen-bond donors (Lipinski definition) is 2. The fourth-order valence-electron chi connectivity index (χ4n) is 5.89. The summed E-state index contributed by atoms with van der Waals surface area (Å²) in [6.45, 7) is 5.88. The Hall–Kier alpha value is -3.25. The van der Waals surface area contributed by atoms with Crippen LogP contribution in [-0.2, 0) is 34.1 Å². The fourth-order valence-corrected chi connectivity index (χ4v) is 7.32. The molecule has 0 radical (unpaired) electrons. The Labute approximate surface area is 241 Å². The maximum absolute atomic E-state index is 13.8. The summed E-state index contributed by atoms with van der Waals surface area (Å²) in [7, 11) is -1.50. The summed E-state index contributed by atoms with van der Waals surface area (Å²) >= 11 is 0. The standard InChI is InChI=1S/C30H38N6O4S/c1-34-13-15-35(16-14-34)23-7-8-25(28(19-23)31-22-10-17-40-18-11-22)30(37)20-29-26-21-36(12-9-27(26)32-33-29)41(38,39)24-5-3-2-4-6-24/h2-8,19,22,31H,9-18,20-21H2,1H3,(H,32,33). The smallest absolute Gasteiger partial charge is 0.243 e. The molecule has 4 heterocycles. The van der Waals surface area contributed by atoms with Crippen LogP contribution in [0.2, 0.25) is 0 Å². The van der Waals surface area contributed by atoms with Gasteiger partial charge in [0.05, 0.1) is 17.0 Å². The minimum absolute atomic E-state index is 0.0400. The molecule has 41 heavy (non-hydrogen) atoms. The van der Waals surface area contributed by atoms with E-state index in [1.807, 2.05) is 12.1 Å². The zero-order valence-corrected chi connectivity index (χ0v) is 24.3. The SMILES string of the molecule is CN1CCN(c2ccc(C(=O)Cc3n[nH]c4c3CN(S(=O)(=O)c3ccccc3)CC4)c(NC3CCOCC3)c2)CC1. The number of Topliss-reactive ketones (excluding diaryl/α,β-unsaturated/α-hetero) is 1. The fraction of sp³-hybridized carbons (Fsp3) is 0.467. The zero-order valence-electron chi connectivity index (χ0n) is 23.5. The molecule has 2 N–H and O–H groups in total. The largest absolute Gasteiger partial charge is 0.381 e. The van der Waals surface area contributed by atoms with Crippen LogP contribution >= 0.6 is 0 Å². The van der Waals surface area contributed by atoms with Crippen LogP contribution in [0.25, 0.3) is 0 Å². The predicted molar refractivity (Wildman–Crippen MR) is 158 cm³/mol. The van der Waals surface area contributed by atoms with Crippen molar-refractivity contribution >= 4 is 27.2 Å². The number of aromatic amines is 1. The van der Waals surface area contributed by atoms with Gasteiger partial charge in [0.15, 0.2) is 5.78 Å². The van der Waals surface area contributed by atoms with Crippen LogP contribution in [0.15, 0.2) is 53.4 Å². The summed E-state index contributed by atoms with van der Waals surface area (Å²) in [6.07, 6.45) is 2.41. The maximum atomic E-state index is 13.8. The van der Waals surface area contributed by atoms with Gasteiger partial charge in [-0.25, -0.2) is 8.42 Å². The maximum Gasteiger partial charge on any atom is 0.243 e. The quantitative estimate of drug-likeness (QED) is 0.393. The minimum atomic E-state index is -3.64. The minimum Gasteiger partial charge on any atom is -0.381 e. The van der Waals surface area contributed by atoms with Crippen molar-refractivity contribution in [3.63, 3.8) is 0 Å². The molecule has 0 unspecified atom stereocenters. The molecular formula is C30H38N6O4S. The van der Waals surface area contributed by atoms with E-state index < -0.39 is 10.0 Å². The Morgan fingerprint density at radius 2 is 1.80 bits per heavy atom. The number of fused-ring (bicyclic) bond motifs is 1. The number of rotatable bonds is 8. The number of H-pyrrole nitrogens is 1. The van der Waals surface area contributed by atoms with Crippen molar-refractivity contribution in [2.24, 2.45) is 0 Å². The molecule has 3 aliphatic rings. The molecule has 0 bridgehead atoms. The summed E-state index contributed by atoms with van der Waals surface area (Å²) in [5, 5.41) is 11.2. The summed E-state index contributed by atoms with van der Waals surface area (Å²) < 4.78 is 33.6. The number of ether oxygens (including phenoxy) is 1. The van der Waals surface area contributed by atoms with Crippen LogP contribution in [0.4, 0.5) is 11.4 Å². The Bertz CT molecular complexity index is 1480. The number of hydrogen-bond acceptors (Lipinski definition) is 8. The third kappa shape index (κ3) is 6.04. The van der Waals surface area contributed by atoms with Gasteiger partial charge < -0.3 is 19.9 Å². The van der Waals surface area contributed by atoms with Crippen molar-refractivity contribution in [3.05, 3.63) is 71.0 Å². The van der Waals surface area contributed by atoms with Gasteiger partial charge in [0.1, 0.15) is 0 Å². The van der Waals surface area contributed by atoms with E-state index in [4.69, 9.17) is 4.74 Å². The first-order valence-corrected chi connectivity index (χ1v) is 15.9. The van der Waals surface area contributed by atoms with Gasteiger partial charge in [0, 0.05) is 93.1 Å². The third-order valence-corrected chi connectivity index (χ3v) is 10.3. The van der Waals surface area contributed by atoms with E-state index in [9.17, 15) is 13.2 Å². The highest BCUT2D eigenvalue weighted by Crippen LogP contribution is 2.30. The molecule has 10 nitrogen and oxygen atoms in total. The number of carbonyl (C=O) groups is 1. The molecule has 2 fully saturated rings. The molecule has 3 aromatic rings. The highest BCUT2D eigenvalue weighted by Gasteiger charge is 2.32. The molecule has 2 aromatic carbocycles. The molecule has 0 spiro atoms. The van der Waals surface area contributed by atoms with Crippen molar-refractivity contribution < 1.29 is 17.9 Å². The van der Waals surface area contributed by atoms with Crippen LogP contribution in [0, 0.1) is 0 Å². The average molecular weight is 579 g/mol. The van der Waals surface area contributed by atoms with E-state index >= 15 is 0 Å². The Morgan fingerprint density at radius 3 is 2.56 bits per heavy atom. The molecule has 3 aliphatic heterocycles. The highest BCUT2D eigenvalue weighted by molar-refractivity contribution is 7.89. The summed E-state index contributed by atoms with van der Waals surface area (Å²) in [5.74, 6) is -0.0400. The van der Waals surface area contributed by atoms with Gasteiger partial charge in [-0.05, 0) is 50.2 Å². The predicted octanol–water partition coefficient (Wildman–Crippen LogP) is 2.92. The van der Waals surface area contributed by atoms with Crippen LogP contribution < -0.4 is 10.2 Å². The monoisotopic (exact) mass is 578 g/mol. The van der Waals surface area contributed by atoms with Gasteiger partial charge in [-0.1, -0.05) is 18.2 Å². The molecule has 11 heteroatoms. The van der Waals surface area contributed by atoms with Crippen LogP contribution in [0.5, 0.6) is 0 Å². The van der Waals surface area contributed by atoms with Crippen LogP contribution in [0.1, 0.15) is 40.2 Å². The second-order valence-electron chi connectivity index (χ2n) is 11.2. The number of nitrogens with zero attached hydrogens (tertiary/aromatic N) is 4. The Balaban J connectivity index is 1.24. The van der Waals surface area contributed by atoms with E-state index in [0.717, 1.165) is 61.7 Å². The Morgan fingerprint density at radius 1 is 1.05 bits per heavy atom. The molecule has 0 aliphatic carbocycles. The van der Waals surface area contributed by atoms with E-state index in [2.05, 4.69) is 38.4 Å². The normalized spacial score (nSPS) is 19.2. The van der Waals surface area contributed by atoms with Crippen LogP contribution in [-0.4, -0.2) is 92.6 Å². The first-order chi connectivity index (χ1) is 19.9. The van der Waals surface area contributed by atoms with Gasteiger partial charge in [-0.15, -0.1) is 0 Å². The topological polar surface area (TPSA) is 111 Å². The molecule has 2 saturated heterocycles. The summed E-state index contributed by atoms with van der Waals surface area (Å²) in [6, 6.07) is 14.8. The molecular weight excluding hydrogens is 540 g/mol. The van der Waals surface area contributed by atoms with Gasteiger partial charge in [0.2, 0.25) is 10.0 Å². The lowest BCUT2D eigenvalue weighted by Gasteiger charge is -2.34. The lowest BCUT2D eigenvalue weighted by Crippen LogP contribution is -2.44. The summed E-state index contributed by atoms with van der Waals surface area (Å²) in [4.78, 5) is 18.8. The van der Waals surface area contributed by atoms with Crippen molar-refractivity contribution in [3.8, 4) is 0 Å². The number of nitrogens with one attached hydrogen (secondary N) is 2. The first kappa shape index (κ1) is 27.9. The number of piperazine rings is 1. The number of ketones is 1. The zero-order chi connectivity index (χ0) is 28.4. The highest BCUT2D eigenvalue weighted by atomic mass is 32.2. The van der Waals surface area contributed by atoms with E-state index in [1.54, 1.807) is 30.3 Å². The lowest BCUT2D eigenvalue weighted by atomic mass is 9.98. The van der Waals surface area contributed by atoms with Gasteiger partial charge >= 0.3 is 0 Å². The number of likely N-dealkylation sites (N-methyl/N-ethyl adjacent to an activating group) is 1. The Kier molecular flexibility index (Phi) is 8.12. The van der Waals surface area contributed by atoms with Gasteiger partial charge in [0.25, 0.3) is 0 Å².